The van der Waals surface area contributed by atoms with Gasteiger partial charge in [0.25, 0.3) is 0 Å². The summed E-state index contributed by atoms with van der Waals surface area (Å²) in [5, 5.41) is 28.5. The molecule has 0 radical (unpaired) electrons. The zero-order chi connectivity index (χ0) is 17.2. The van der Waals surface area contributed by atoms with Crippen LogP contribution in [0.1, 0.15) is 45.4 Å². The fourth-order valence-corrected chi connectivity index (χ4v) is 3.20. The summed E-state index contributed by atoms with van der Waals surface area (Å²) in [6.45, 7) is 2.18. The predicted molar refractivity (Wildman–Crippen MR) is 86.6 cm³/mol. The van der Waals surface area contributed by atoms with Crippen molar-refractivity contribution in [3.8, 4) is 0 Å². The molecule has 6 N–H and O–H groups in total. The quantitative estimate of drug-likeness (QED) is 0.126. The van der Waals surface area contributed by atoms with Crippen LogP contribution in [0.3, 0.4) is 0 Å². The molecule has 0 aromatic carbocycles. The summed E-state index contributed by atoms with van der Waals surface area (Å²) < 4.78 is 0. The van der Waals surface area contributed by atoms with Crippen LogP contribution in [-0.4, -0.2) is 47.1 Å². The fourth-order valence-electron chi connectivity index (χ4n) is 3.20. The van der Waals surface area contributed by atoms with Crippen LogP contribution in [0.4, 0.5) is 0 Å². The summed E-state index contributed by atoms with van der Waals surface area (Å²) in [7, 11) is 0. The first-order chi connectivity index (χ1) is 11.0. The molecule has 0 heterocycles. The molecule has 4 atom stereocenters. The van der Waals surface area contributed by atoms with Crippen molar-refractivity contribution in [2.75, 3.05) is 6.54 Å². The SMILES string of the molecule is CC(=O)NCCCCCCC1C(NC=NN)CC(C(=O)O)C1O. The molecule has 4 unspecified atom stereocenters. The Hall–Kier alpha value is -1.83. The number of nitrogens with one attached hydrogen (secondary N) is 2. The number of nitrogens with zero attached hydrogens (tertiary/aromatic N) is 1. The number of nitrogens with two attached hydrogens (primary N) is 1. The number of carboxylic acid groups (broad SMARTS) is 1. The number of amides is 1. The number of hydrogen-bond acceptors (Lipinski definition) is 5. The summed E-state index contributed by atoms with van der Waals surface area (Å²) in [4.78, 5) is 21.9. The minimum Gasteiger partial charge on any atom is -0.481 e. The van der Waals surface area contributed by atoms with Gasteiger partial charge < -0.3 is 26.7 Å². The van der Waals surface area contributed by atoms with Crippen molar-refractivity contribution in [3.63, 3.8) is 0 Å². The first-order valence-electron chi connectivity index (χ1n) is 8.10. The molecule has 0 aromatic heterocycles. The molecule has 8 heteroatoms. The van der Waals surface area contributed by atoms with Crippen molar-refractivity contribution in [3.05, 3.63) is 0 Å². The summed E-state index contributed by atoms with van der Waals surface area (Å²) in [5.74, 6) is 3.22. The van der Waals surface area contributed by atoms with Gasteiger partial charge in [0.2, 0.25) is 5.91 Å². The zero-order valence-electron chi connectivity index (χ0n) is 13.6. The summed E-state index contributed by atoms with van der Waals surface area (Å²) >= 11 is 0. The molecule has 1 rings (SSSR count). The molecule has 132 valence electrons. The van der Waals surface area contributed by atoms with Crippen LogP contribution in [0.25, 0.3) is 0 Å². The van der Waals surface area contributed by atoms with Gasteiger partial charge >= 0.3 is 5.97 Å². The molecule has 1 amide bonds. The van der Waals surface area contributed by atoms with Gasteiger partial charge in [0.15, 0.2) is 0 Å². The van der Waals surface area contributed by atoms with E-state index in [1.165, 1.54) is 13.3 Å². The van der Waals surface area contributed by atoms with Gasteiger partial charge in [-0.1, -0.05) is 19.3 Å². The Morgan fingerprint density at radius 2 is 2.00 bits per heavy atom. The van der Waals surface area contributed by atoms with Crippen molar-refractivity contribution in [1.29, 1.82) is 0 Å². The molecule has 1 saturated carbocycles. The van der Waals surface area contributed by atoms with E-state index in [4.69, 9.17) is 5.84 Å². The third-order valence-electron chi connectivity index (χ3n) is 4.39. The largest absolute Gasteiger partial charge is 0.481 e. The normalized spacial score (nSPS) is 27.2. The van der Waals surface area contributed by atoms with Gasteiger partial charge in [0.05, 0.1) is 12.0 Å². The maximum Gasteiger partial charge on any atom is 0.309 e. The minimum atomic E-state index is -0.966. The smallest absolute Gasteiger partial charge is 0.309 e. The van der Waals surface area contributed by atoms with Gasteiger partial charge in [0, 0.05) is 25.4 Å². The van der Waals surface area contributed by atoms with Gasteiger partial charge in [-0.15, -0.1) is 0 Å². The van der Waals surface area contributed by atoms with Crippen LogP contribution < -0.4 is 16.5 Å². The van der Waals surface area contributed by atoms with E-state index in [2.05, 4.69) is 15.7 Å². The van der Waals surface area contributed by atoms with E-state index in [1.54, 1.807) is 0 Å². The second-order valence-corrected chi connectivity index (χ2v) is 6.07. The van der Waals surface area contributed by atoms with E-state index in [0.29, 0.717) is 13.0 Å². The van der Waals surface area contributed by atoms with Crippen LogP contribution in [0.15, 0.2) is 5.10 Å². The second kappa shape index (κ2) is 10.0. The molecule has 0 bridgehead atoms. The molecule has 23 heavy (non-hydrogen) atoms. The summed E-state index contributed by atoms with van der Waals surface area (Å²) in [6.07, 6.45) is 5.43. The molecule has 0 spiro atoms. The Bertz CT molecular complexity index is 416. The van der Waals surface area contributed by atoms with Crippen LogP contribution >= 0.6 is 0 Å². The number of aliphatic hydroxyl groups is 1. The van der Waals surface area contributed by atoms with Gasteiger partial charge in [-0.2, -0.15) is 5.10 Å². The summed E-state index contributed by atoms with van der Waals surface area (Å²) in [5.41, 5.74) is 0. The highest BCUT2D eigenvalue weighted by atomic mass is 16.4. The first kappa shape index (κ1) is 19.2. The fraction of sp³-hybridized carbons (Fsp3) is 0.800. The molecule has 8 nitrogen and oxygen atoms in total. The Balaban J connectivity index is 2.35. The monoisotopic (exact) mass is 328 g/mol. The lowest BCUT2D eigenvalue weighted by atomic mass is 9.93. The molecule has 0 aromatic rings. The second-order valence-electron chi connectivity index (χ2n) is 6.07. The van der Waals surface area contributed by atoms with Crippen LogP contribution in [0.2, 0.25) is 0 Å². The average molecular weight is 328 g/mol. The molecular formula is C15H28N4O4. The Morgan fingerprint density at radius 1 is 1.30 bits per heavy atom. The maximum atomic E-state index is 11.2. The minimum absolute atomic E-state index is 0.0192. The molecule has 1 fully saturated rings. The van der Waals surface area contributed by atoms with Crippen molar-refractivity contribution >= 4 is 18.2 Å². The van der Waals surface area contributed by atoms with Crippen molar-refractivity contribution in [1.82, 2.24) is 10.6 Å². The zero-order valence-corrected chi connectivity index (χ0v) is 13.6. The van der Waals surface area contributed by atoms with E-state index in [1.807, 2.05) is 0 Å². The van der Waals surface area contributed by atoms with Gasteiger partial charge in [-0.05, 0) is 19.3 Å². The van der Waals surface area contributed by atoms with Crippen LogP contribution in [-0.2, 0) is 9.59 Å². The topological polar surface area (TPSA) is 137 Å². The highest BCUT2D eigenvalue weighted by Crippen LogP contribution is 2.35. The number of carbonyl (C=O) groups excluding carboxylic acids is 1. The summed E-state index contributed by atoms with van der Waals surface area (Å²) in [6, 6.07) is -0.127. The number of aliphatic hydroxyl groups excluding tert-OH is 1. The highest BCUT2D eigenvalue weighted by Gasteiger charge is 2.45. The van der Waals surface area contributed by atoms with Crippen molar-refractivity contribution in [2.24, 2.45) is 22.8 Å². The van der Waals surface area contributed by atoms with Gasteiger partial charge in [0.1, 0.15) is 6.34 Å². The first-order valence-corrected chi connectivity index (χ1v) is 8.10. The molecule has 0 saturated heterocycles. The van der Waals surface area contributed by atoms with Gasteiger partial charge in [-0.25, -0.2) is 0 Å². The molecular weight excluding hydrogens is 300 g/mol. The average Bonchev–Trinajstić information content (AvgIpc) is 2.80. The number of aliphatic carboxylic acids is 1. The lowest BCUT2D eigenvalue weighted by Crippen LogP contribution is -2.35. The molecule has 0 aliphatic heterocycles. The van der Waals surface area contributed by atoms with Crippen LogP contribution in [0.5, 0.6) is 0 Å². The third kappa shape index (κ3) is 6.43. The highest BCUT2D eigenvalue weighted by molar-refractivity contribution is 5.72. The predicted octanol–water partition coefficient (Wildman–Crippen LogP) is 0.0148. The molecule has 1 aliphatic rings. The van der Waals surface area contributed by atoms with Gasteiger partial charge in [-0.3, -0.25) is 9.59 Å². The van der Waals surface area contributed by atoms with E-state index in [-0.39, 0.29) is 17.9 Å². The lowest BCUT2D eigenvalue weighted by Gasteiger charge is -2.22. The molecule has 1 aliphatic carbocycles. The van der Waals surface area contributed by atoms with E-state index < -0.39 is 18.0 Å². The van der Waals surface area contributed by atoms with Crippen molar-refractivity contribution < 1.29 is 19.8 Å². The Morgan fingerprint density at radius 3 is 2.61 bits per heavy atom. The number of rotatable bonds is 10. The number of carbonyl (C=O) groups is 2. The van der Waals surface area contributed by atoms with E-state index in [9.17, 15) is 19.8 Å². The number of carboxylic acids is 1. The van der Waals surface area contributed by atoms with E-state index in [0.717, 1.165) is 32.1 Å². The standard InChI is InChI=1S/C15H28N4O4/c1-10(20)17-7-5-3-2-4-6-11-13(18-9-19-16)8-12(14(11)21)15(22)23/h9,11-14,21H,2-8,16H2,1H3,(H,17,20)(H,18,19)(H,22,23). The van der Waals surface area contributed by atoms with E-state index >= 15 is 0 Å². The lowest BCUT2D eigenvalue weighted by molar-refractivity contribution is -0.145. The Kier molecular flexibility index (Phi) is 8.39. The maximum absolute atomic E-state index is 11.2. The third-order valence-corrected chi connectivity index (χ3v) is 4.39. The number of hydrazone groups is 1. The number of unbranched alkanes of at least 4 members (excludes halogenated alkanes) is 3. The Labute approximate surface area is 136 Å². The van der Waals surface area contributed by atoms with Crippen LogP contribution in [0, 0.1) is 11.8 Å². The van der Waals surface area contributed by atoms with Crippen molar-refractivity contribution in [2.45, 2.75) is 57.6 Å². The number of hydrogen-bond donors (Lipinski definition) is 5.